The van der Waals surface area contributed by atoms with Gasteiger partial charge < -0.3 is 14.5 Å². The zero-order valence-corrected chi connectivity index (χ0v) is 18.7. The number of benzene rings is 1. The van der Waals surface area contributed by atoms with Crippen molar-refractivity contribution in [3.8, 4) is 17.1 Å². The van der Waals surface area contributed by atoms with Gasteiger partial charge in [0.15, 0.2) is 0 Å². The molecule has 2 aromatic heterocycles. The highest BCUT2D eigenvalue weighted by atomic mass is 16.5. The second-order valence-electron chi connectivity index (χ2n) is 8.03. The number of hydrogen-bond donors (Lipinski definition) is 1. The summed E-state index contributed by atoms with van der Waals surface area (Å²) in [6.07, 6.45) is 6.67. The molecule has 4 rings (SSSR count). The molecule has 32 heavy (non-hydrogen) atoms. The van der Waals surface area contributed by atoms with Crippen molar-refractivity contribution in [3.63, 3.8) is 0 Å². The Hall–Kier alpha value is -3.03. The van der Waals surface area contributed by atoms with Crippen LogP contribution in [0, 0.1) is 0 Å². The minimum atomic E-state index is -0.136. The minimum Gasteiger partial charge on any atom is -0.496 e. The summed E-state index contributed by atoms with van der Waals surface area (Å²) in [5.41, 5.74) is 3.74. The molecule has 0 bridgehead atoms. The average Bonchev–Trinajstić information content (AvgIpc) is 2.83. The molecule has 1 aliphatic rings. The number of hydrogen-bond acceptors (Lipinski definition) is 6. The third kappa shape index (κ3) is 5.23. The molecule has 1 atom stereocenters. The molecule has 3 heterocycles. The monoisotopic (exact) mass is 434 g/mol. The van der Waals surface area contributed by atoms with Crippen LogP contribution in [0.15, 0.2) is 53.6 Å². The lowest BCUT2D eigenvalue weighted by molar-refractivity contribution is 0.130. The largest absolute Gasteiger partial charge is 0.496 e. The highest BCUT2D eigenvalue weighted by Crippen LogP contribution is 2.32. The van der Waals surface area contributed by atoms with Gasteiger partial charge in [0.1, 0.15) is 11.6 Å². The van der Waals surface area contributed by atoms with E-state index < -0.39 is 0 Å². The van der Waals surface area contributed by atoms with Crippen LogP contribution in [0.25, 0.3) is 11.4 Å². The summed E-state index contributed by atoms with van der Waals surface area (Å²) in [4.78, 5) is 26.7. The summed E-state index contributed by atoms with van der Waals surface area (Å²) in [5.74, 6) is 1.41. The summed E-state index contributed by atoms with van der Waals surface area (Å²) in [5, 5.41) is 0. The fraction of sp³-hybridized carbons (Fsp3) is 0.400. The van der Waals surface area contributed by atoms with E-state index in [0.717, 1.165) is 54.9 Å². The van der Waals surface area contributed by atoms with Crippen LogP contribution in [0.2, 0.25) is 0 Å². The fourth-order valence-corrected chi connectivity index (χ4v) is 4.29. The molecular weight excluding hydrogens is 404 g/mol. The van der Waals surface area contributed by atoms with Crippen LogP contribution >= 0.6 is 0 Å². The predicted octanol–water partition coefficient (Wildman–Crippen LogP) is 4.10. The number of aromatic nitrogens is 3. The van der Waals surface area contributed by atoms with Gasteiger partial charge in [0.25, 0.3) is 5.56 Å². The van der Waals surface area contributed by atoms with Crippen LogP contribution in [0.4, 0.5) is 0 Å². The van der Waals surface area contributed by atoms with Crippen LogP contribution in [0.1, 0.15) is 49.0 Å². The minimum absolute atomic E-state index is 0.0962. The van der Waals surface area contributed by atoms with Gasteiger partial charge in [-0.1, -0.05) is 12.5 Å². The zero-order valence-electron chi connectivity index (χ0n) is 18.7. The molecule has 0 radical (unpaired) electrons. The normalized spacial score (nSPS) is 16.8. The van der Waals surface area contributed by atoms with E-state index in [-0.39, 0.29) is 11.6 Å². The zero-order chi connectivity index (χ0) is 22.3. The van der Waals surface area contributed by atoms with E-state index in [1.165, 1.54) is 5.56 Å². The second-order valence-corrected chi connectivity index (χ2v) is 8.03. The molecule has 0 saturated carbocycles. The maximum absolute atomic E-state index is 12.4. The summed E-state index contributed by atoms with van der Waals surface area (Å²) in [6, 6.07) is 11.8. The quantitative estimate of drug-likeness (QED) is 0.575. The third-order valence-electron chi connectivity index (χ3n) is 5.84. The first-order chi connectivity index (χ1) is 15.7. The molecule has 0 spiro atoms. The van der Waals surface area contributed by atoms with E-state index in [1.807, 2.05) is 25.1 Å². The van der Waals surface area contributed by atoms with Gasteiger partial charge in [-0.05, 0) is 56.1 Å². The van der Waals surface area contributed by atoms with Crippen molar-refractivity contribution in [3.05, 3.63) is 76.0 Å². The van der Waals surface area contributed by atoms with Gasteiger partial charge in [-0.25, -0.2) is 4.98 Å². The van der Waals surface area contributed by atoms with Crippen molar-refractivity contribution >= 4 is 0 Å². The van der Waals surface area contributed by atoms with E-state index in [4.69, 9.17) is 14.5 Å². The molecule has 168 valence electrons. The van der Waals surface area contributed by atoms with Crippen LogP contribution in [0.5, 0.6) is 5.75 Å². The Morgan fingerprint density at radius 1 is 1.22 bits per heavy atom. The van der Waals surface area contributed by atoms with Gasteiger partial charge >= 0.3 is 0 Å². The molecule has 1 saturated heterocycles. The molecule has 1 aliphatic heterocycles. The van der Waals surface area contributed by atoms with Gasteiger partial charge in [0.05, 0.1) is 25.5 Å². The van der Waals surface area contributed by atoms with E-state index in [1.54, 1.807) is 25.6 Å². The maximum Gasteiger partial charge on any atom is 0.251 e. The Morgan fingerprint density at radius 3 is 2.91 bits per heavy atom. The smallest absolute Gasteiger partial charge is 0.251 e. The molecule has 7 nitrogen and oxygen atoms in total. The molecule has 1 fully saturated rings. The number of aromatic amines is 1. The van der Waals surface area contributed by atoms with Gasteiger partial charge in [0.2, 0.25) is 0 Å². The summed E-state index contributed by atoms with van der Waals surface area (Å²) in [7, 11) is 1.68. The Kier molecular flexibility index (Phi) is 7.29. The van der Waals surface area contributed by atoms with Crippen LogP contribution in [-0.2, 0) is 17.9 Å². The summed E-state index contributed by atoms with van der Waals surface area (Å²) < 4.78 is 11.1. The lowest BCUT2D eigenvalue weighted by atomic mass is 9.97. The first-order valence-electron chi connectivity index (χ1n) is 11.2. The molecule has 1 aromatic carbocycles. The number of methoxy groups -OCH3 is 1. The standard InChI is InChI=1S/C25H30N4O3/c1-3-32-17-20-13-18(9-10-23(20)31-2)16-29-12-5-4-8-22(29)21-14-24(30)28-25(27-21)19-7-6-11-26-15-19/h6-7,9-11,13-15,22H,3-5,8,12,16-17H2,1-2H3,(H,27,28,30). The van der Waals surface area contributed by atoms with Crippen molar-refractivity contribution in [1.29, 1.82) is 0 Å². The first kappa shape index (κ1) is 22.2. The summed E-state index contributed by atoms with van der Waals surface area (Å²) in [6.45, 7) is 4.93. The van der Waals surface area contributed by atoms with E-state index in [0.29, 0.717) is 19.0 Å². The molecular formula is C25H30N4O3. The molecule has 1 unspecified atom stereocenters. The number of H-pyrrole nitrogens is 1. The van der Waals surface area contributed by atoms with Crippen molar-refractivity contribution in [2.24, 2.45) is 0 Å². The Morgan fingerprint density at radius 2 is 2.12 bits per heavy atom. The number of rotatable bonds is 8. The number of nitrogens with zero attached hydrogens (tertiary/aromatic N) is 3. The Bertz CT molecular complexity index is 1080. The second kappa shape index (κ2) is 10.5. The molecule has 0 aliphatic carbocycles. The Balaban J connectivity index is 1.60. The van der Waals surface area contributed by atoms with Gasteiger partial charge in [-0.3, -0.25) is 14.7 Å². The van der Waals surface area contributed by atoms with Gasteiger partial charge in [-0.15, -0.1) is 0 Å². The third-order valence-corrected chi connectivity index (χ3v) is 5.84. The topological polar surface area (TPSA) is 80.3 Å². The van der Waals surface area contributed by atoms with Crippen molar-refractivity contribution in [2.75, 3.05) is 20.3 Å². The first-order valence-corrected chi connectivity index (χ1v) is 11.2. The number of likely N-dealkylation sites (tertiary alicyclic amines) is 1. The molecule has 7 heteroatoms. The highest BCUT2D eigenvalue weighted by Gasteiger charge is 2.26. The molecule has 1 N–H and O–H groups in total. The van der Waals surface area contributed by atoms with Crippen LogP contribution in [-0.4, -0.2) is 40.1 Å². The van der Waals surface area contributed by atoms with E-state index in [2.05, 4.69) is 27.0 Å². The molecule has 0 amide bonds. The van der Waals surface area contributed by atoms with Crippen LogP contribution < -0.4 is 10.3 Å². The number of ether oxygens (including phenoxy) is 2. The van der Waals surface area contributed by atoms with Crippen molar-refractivity contribution < 1.29 is 9.47 Å². The summed E-state index contributed by atoms with van der Waals surface area (Å²) >= 11 is 0. The predicted molar refractivity (Wildman–Crippen MR) is 123 cm³/mol. The van der Waals surface area contributed by atoms with Crippen molar-refractivity contribution in [1.82, 2.24) is 19.9 Å². The highest BCUT2D eigenvalue weighted by molar-refractivity contribution is 5.52. The number of pyridine rings is 1. The lowest BCUT2D eigenvalue weighted by Crippen LogP contribution is -2.34. The van der Waals surface area contributed by atoms with Gasteiger partial charge in [0, 0.05) is 42.7 Å². The number of nitrogens with one attached hydrogen (secondary N) is 1. The Labute approximate surface area is 188 Å². The van der Waals surface area contributed by atoms with Crippen molar-refractivity contribution in [2.45, 2.75) is 45.4 Å². The number of piperidine rings is 1. The average molecular weight is 435 g/mol. The molecule has 3 aromatic rings. The fourth-order valence-electron chi connectivity index (χ4n) is 4.29. The van der Waals surface area contributed by atoms with Gasteiger partial charge in [-0.2, -0.15) is 0 Å². The van der Waals surface area contributed by atoms with E-state index >= 15 is 0 Å². The lowest BCUT2D eigenvalue weighted by Gasteiger charge is -2.35. The maximum atomic E-state index is 12.4. The van der Waals surface area contributed by atoms with Crippen LogP contribution in [0.3, 0.4) is 0 Å². The van der Waals surface area contributed by atoms with E-state index in [9.17, 15) is 4.79 Å². The SMILES string of the molecule is CCOCc1cc(CN2CCCCC2c2cc(=O)[nH]c(-c3cccnc3)n2)ccc1OC.